The number of fused-ring (bicyclic) bond motifs is 1. The molecule has 0 bridgehead atoms. The third-order valence-corrected chi connectivity index (χ3v) is 3.41. The Balaban J connectivity index is 0.00000147. The van der Waals surface area contributed by atoms with E-state index >= 15 is 0 Å². The molecule has 3 nitrogen and oxygen atoms in total. The van der Waals surface area contributed by atoms with Gasteiger partial charge < -0.3 is 10.7 Å². The standard InChI is InChI=1S/C15H11ClN2O.BrH/c16-12-6-2-1-4-10(12)14-8-11-9(15(19)18-14)5-3-7-13(11)17;/h1-8H,17H2,(H,18,19);1H. The van der Waals surface area contributed by atoms with Crippen LogP contribution in [0.4, 0.5) is 5.69 Å². The predicted octanol–water partition coefficient (Wildman–Crippen LogP) is 4.01. The predicted molar refractivity (Wildman–Crippen MR) is 89.7 cm³/mol. The zero-order valence-electron chi connectivity index (χ0n) is 10.4. The van der Waals surface area contributed by atoms with E-state index in [4.69, 9.17) is 17.3 Å². The monoisotopic (exact) mass is 350 g/mol. The van der Waals surface area contributed by atoms with Crippen LogP contribution in [0.25, 0.3) is 22.0 Å². The second-order valence-corrected chi connectivity index (χ2v) is 4.71. The highest BCUT2D eigenvalue weighted by Gasteiger charge is 2.08. The molecule has 20 heavy (non-hydrogen) atoms. The average Bonchev–Trinajstić information content (AvgIpc) is 2.40. The number of rotatable bonds is 1. The number of benzene rings is 2. The summed E-state index contributed by atoms with van der Waals surface area (Å²) in [7, 11) is 0. The van der Waals surface area contributed by atoms with Crippen LogP contribution in [0, 0.1) is 0 Å². The lowest BCUT2D eigenvalue weighted by Crippen LogP contribution is -2.08. The lowest BCUT2D eigenvalue weighted by Gasteiger charge is -2.07. The first kappa shape index (κ1) is 14.6. The molecule has 102 valence electrons. The summed E-state index contributed by atoms with van der Waals surface area (Å²) in [6, 6.07) is 14.5. The van der Waals surface area contributed by atoms with Crippen molar-refractivity contribution >= 4 is 45.0 Å². The van der Waals surface area contributed by atoms with Crippen LogP contribution in [-0.4, -0.2) is 4.98 Å². The van der Waals surface area contributed by atoms with Crippen LogP contribution >= 0.6 is 28.6 Å². The summed E-state index contributed by atoms with van der Waals surface area (Å²) in [6.45, 7) is 0. The Morgan fingerprint density at radius 1 is 1.00 bits per heavy atom. The average molecular weight is 352 g/mol. The van der Waals surface area contributed by atoms with Crippen LogP contribution < -0.4 is 11.3 Å². The van der Waals surface area contributed by atoms with Gasteiger partial charge in [-0.15, -0.1) is 17.0 Å². The summed E-state index contributed by atoms with van der Waals surface area (Å²) in [6.07, 6.45) is 0. The number of pyridine rings is 1. The van der Waals surface area contributed by atoms with E-state index in [-0.39, 0.29) is 22.5 Å². The fourth-order valence-corrected chi connectivity index (χ4v) is 2.37. The Morgan fingerprint density at radius 2 is 1.75 bits per heavy atom. The van der Waals surface area contributed by atoms with Gasteiger partial charge in [0.05, 0.1) is 5.69 Å². The first-order chi connectivity index (χ1) is 9.16. The van der Waals surface area contributed by atoms with Gasteiger partial charge >= 0.3 is 0 Å². The fourth-order valence-electron chi connectivity index (χ4n) is 2.14. The Kier molecular flexibility index (Phi) is 4.16. The van der Waals surface area contributed by atoms with E-state index in [1.165, 1.54) is 0 Å². The highest BCUT2D eigenvalue weighted by molar-refractivity contribution is 8.93. The number of aromatic nitrogens is 1. The zero-order chi connectivity index (χ0) is 13.4. The lowest BCUT2D eigenvalue weighted by atomic mass is 10.1. The van der Waals surface area contributed by atoms with Crippen LogP contribution in [0.3, 0.4) is 0 Å². The molecule has 1 aromatic heterocycles. The lowest BCUT2D eigenvalue weighted by molar-refractivity contribution is 1.28. The number of nitrogens with one attached hydrogen (secondary N) is 1. The van der Waals surface area contributed by atoms with Gasteiger partial charge in [-0.1, -0.05) is 35.9 Å². The molecular formula is C15H12BrClN2O. The van der Waals surface area contributed by atoms with E-state index in [2.05, 4.69) is 4.98 Å². The summed E-state index contributed by atoms with van der Waals surface area (Å²) in [5.74, 6) is 0. The molecule has 0 spiro atoms. The maximum Gasteiger partial charge on any atom is 0.256 e. The van der Waals surface area contributed by atoms with Crippen molar-refractivity contribution < 1.29 is 0 Å². The van der Waals surface area contributed by atoms with Gasteiger partial charge in [0.1, 0.15) is 0 Å². The van der Waals surface area contributed by atoms with Crippen molar-refractivity contribution in [2.75, 3.05) is 5.73 Å². The van der Waals surface area contributed by atoms with Gasteiger partial charge in [0.2, 0.25) is 0 Å². The second kappa shape index (κ2) is 5.69. The van der Waals surface area contributed by atoms with Crippen LogP contribution in [-0.2, 0) is 0 Å². The highest BCUT2D eigenvalue weighted by atomic mass is 79.9. The highest BCUT2D eigenvalue weighted by Crippen LogP contribution is 2.28. The number of hydrogen-bond acceptors (Lipinski definition) is 2. The molecule has 0 amide bonds. The smallest absolute Gasteiger partial charge is 0.256 e. The van der Waals surface area contributed by atoms with Gasteiger partial charge in [0.25, 0.3) is 5.56 Å². The molecule has 0 aliphatic rings. The maximum atomic E-state index is 12.1. The molecule has 0 radical (unpaired) electrons. The number of aromatic amines is 1. The van der Waals surface area contributed by atoms with Crippen molar-refractivity contribution in [3.8, 4) is 11.3 Å². The van der Waals surface area contributed by atoms with E-state index in [1.807, 2.05) is 24.3 Å². The topological polar surface area (TPSA) is 58.9 Å². The van der Waals surface area contributed by atoms with Crippen molar-refractivity contribution in [3.05, 3.63) is 63.9 Å². The summed E-state index contributed by atoms with van der Waals surface area (Å²) >= 11 is 6.15. The minimum absolute atomic E-state index is 0. The van der Waals surface area contributed by atoms with Crippen molar-refractivity contribution in [1.82, 2.24) is 4.98 Å². The molecule has 1 heterocycles. The Hall–Kier alpha value is -1.78. The number of H-pyrrole nitrogens is 1. The zero-order valence-corrected chi connectivity index (χ0v) is 12.9. The minimum Gasteiger partial charge on any atom is -0.398 e. The van der Waals surface area contributed by atoms with E-state index < -0.39 is 0 Å². The molecule has 5 heteroatoms. The third kappa shape index (κ3) is 2.44. The summed E-state index contributed by atoms with van der Waals surface area (Å²) in [5, 5.41) is 1.91. The fraction of sp³-hybridized carbons (Fsp3) is 0. The molecule has 3 rings (SSSR count). The van der Waals surface area contributed by atoms with Gasteiger partial charge in [-0.2, -0.15) is 0 Å². The summed E-state index contributed by atoms with van der Waals surface area (Å²) in [4.78, 5) is 14.9. The minimum atomic E-state index is -0.167. The van der Waals surface area contributed by atoms with E-state index in [9.17, 15) is 4.79 Å². The van der Waals surface area contributed by atoms with Crippen molar-refractivity contribution in [2.24, 2.45) is 0 Å². The number of anilines is 1. The van der Waals surface area contributed by atoms with Gasteiger partial charge in [0, 0.05) is 27.0 Å². The van der Waals surface area contributed by atoms with Gasteiger partial charge in [0.15, 0.2) is 0 Å². The molecule has 0 fully saturated rings. The quantitative estimate of drug-likeness (QED) is 0.651. The SMILES string of the molecule is Br.Nc1cccc2c(=O)[nH]c(-c3ccccc3Cl)cc12. The molecule has 0 saturated heterocycles. The van der Waals surface area contributed by atoms with Crippen molar-refractivity contribution in [1.29, 1.82) is 0 Å². The molecular weight excluding hydrogens is 340 g/mol. The van der Waals surface area contributed by atoms with E-state index in [1.54, 1.807) is 24.3 Å². The Bertz CT molecular complexity index is 829. The molecule has 0 unspecified atom stereocenters. The van der Waals surface area contributed by atoms with Gasteiger partial charge in [-0.3, -0.25) is 4.79 Å². The number of nitrogens with two attached hydrogens (primary N) is 1. The van der Waals surface area contributed by atoms with E-state index in [0.717, 1.165) is 10.9 Å². The largest absolute Gasteiger partial charge is 0.398 e. The molecule has 2 aromatic carbocycles. The second-order valence-electron chi connectivity index (χ2n) is 4.30. The normalized spacial score (nSPS) is 10.2. The molecule has 0 atom stereocenters. The van der Waals surface area contributed by atoms with Crippen molar-refractivity contribution in [3.63, 3.8) is 0 Å². The molecule has 0 aliphatic carbocycles. The molecule has 0 saturated carbocycles. The Morgan fingerprint density at radius 3 is 2.50 bits per heavy atom. The van der Waals surface area contributed by atoms with Gasteiger partial charge in [-0.25, -0.2) is 0 Å². The first-order valence-corrected chi connectivity index (χ1v) is 6.21. The molecule has 3 aromatic rings. The maximum absolute atomic E-state index is 12.1. The first-order valence-electron chi connectivity index (χ1n) is 5.83. The van der Waals surface area contributed by atoms with Crippen molar-refractivity contribution in [2.45, 2.75) is 0 Å². The number of nitrogen functional groups attached to an aromatic ring is 1. The third-order valence-electron chi connectivity index (χ3n) is 3.09. The summed E-state index contributed by atoms with van der Waals surface area (Å²) < 4.78 is 0. The van der Waals surface area contributed by atoms with Gasteiger partial charge in [-0.05, 0) is 24.3 Å². The van der Waals surface area contributed by atoms with Crippen LogP contribution in [0.15, 0.2) is 53.3 Å². The number of halogens is 2. The van der Waals surface area contributed by atoms with E-state index in [0.29, 0.717) is 21.8 Å². The summed E-state index contributed by atoms with van der Waals surface area (Å²) in [5.41, 5.74) is 7.79. The van der Waals surface area contributed by atoms with Crippen LogP contribution in [0.1, 0.15) is 0 Å². The number of hydrogen-bond donors (Lipinski definition) is 2. The van der Waals surface area contributed by atoms with Crippen LogP contribution in [0.5, 0.6) is 0 Å². The molecule has 3 N–H and O–H groups in total. The Labute approximate surface area is 131 Å². The van der Waals surface area contributed by atoms with Crippen LogP contribution in [0.2, 0.25) is 5.02 Å². The molecule has 0 aliphatic heterocycles.